The Morgan fingerprint density at radius 1 is 0.944 bits per heavy atom. The van der Waals surface area contributed by atoms with E-state index in [-0.39, 0.29) is 0 Å². The Balaban J connectivity index is 2.54. The van der Waals surface area contributed by atoms with Crippen LogP contribution in [-0.2, 0) is 0 Å². The van der Waals surface area contributed by atoms with Gasteiger partial charge in [0, 0.05) is 5.56 Å². The molecule has 3 heteroatoms. The van der Waals surface area contributed by atoms with Crippen molar-refractivity contribution in [1.29, 1.82) is 0 Å². The zero-order valence-corrected chi connectivity index (χ0v) is 10.3. The standard InChI is InChI=1S/C15H14O3/c1-17-14-8-7-11(9-12(14)10-16)13-5-3-4-6-15(13)18-2/h3-10H,1-2H3. The SMILES string of the molecule is COc1ccc(-c2ccccc2OC)cc1C=O. The van der Waals surface area contributed by atoms with Crippen molar-refractivity contribution in [2.24, 2.45) is 0 Å². The van der Waals surface area contributed by atoms with Crippen molar-refractivity contribution in [1.82, 2.24) is 0 Å². The van der Waals surface area contributed by atoms with Crippen LogP contribution >= 0.6 is 0 Å². The van der Waals surface area contributed by atoms with Crippen molar-refractivity contribution < 1.29 is 14.3 Å². The summed E-state index contributed by atoms with van der Waals surface area (Å²) in [6, 6.07) is 13.2. The lowest BCUT2D eigenvalue weighted by atomic mass is 10.0. The molecular weight excluding hydrogens is 228 g/mol. The fourth-order valence-corrected chi connectivity index (χ4v) is 1.88. The highest BCUT2D eigenvalue weighted by Crippen LogP contribution is 2.32. The van der Waals surface area contributed by atoms with Gasteiger partial charge in [0.2, 0.25) is 0 Å². The van der Waals surface area contributed by atoms with Crippen LogP contribution in [0.5, 0.6) is 11.5 Å². The molecule has 0 saturated carbocycles. The molecule has 0 aliphatic heterocycles. The van der Waals surface area contributed by atoms with Gasteiger partial charge in [0.05, 0.1) is 19.8 Å². The van der Waals surface area contributed by atoms with Gasteiger partial charge in [-0.1, -0.05) is 24.3 Å². The Morgan fingerprint density at radius 3 is 2.33 bits per heavy atom. The number of para-hydroxylation sites is 1. The molecule has 0 amide bonds. The van der Waals surface area contributed by atoms with Crippen molar-refractivity contribution in [3.63, 3.8) is 0 Å². The van der Waals surface area contributed by atoms with Crippen LogP contribution in [0, 0.1) is 0 Å². The molecule has 0 aromatic heterocycles. The lowest BCUT2D eigenvalue weighted by Crippen LogP contribution is -1.92. The molecule has 92 valence electrons. The van der Waals surface area contributed by atoms with E-state index >= 15 is 0 Å². The largest absolute Gasteiger partial charge is 0.496 e. The van der Waals surface area contributed by atoms with Gasteiger partial charge in [0.1, 0.15) is 11.5 Å². The number of methoxy groups -OCH3 is 2. The molecule has 0 aliphatic carbocycles. The second-order valence-electron chi connectivity index (χ2n) is 3.77. The monoisotopic (exact) mass is 242 g/mol. The molecule has 3 nitrogen and oxygen atoms in total. The molecule has 0 heterocycles. The highest BCUT2D eigenvalue weighted by Gasteiger charge is 2.08. The molecule has 2 rings (SSSR count). The van der Waals surface area contributed by atoms with Crippen LogP contribution < -0.4 is 9.47 Å². The van der Waals surface area contributed by atoms with E-state index in [1.54, 1.807) is 26.4 Å². The van der Waals surface area contributed by atoms with Crippen molar-refractivity contribution >= 4 is 6.29 Å². The van der Waals surface area contributed by atoms with Gasteiger partial charge in [-0.25, -0.2) is 0 Å². The minimum absolute atomic E-state index is 0.529. The number of hydrogen-bond acceptors (Lipinski definition) is 3. The first kappa shape index (κ1) is 12.2. The van der Waals surface area contributed by atoms with Gasteiger partial charge in [-0.3, -0.25) is 4.79 Å². The van der Waals surface area contributed by atoms with E-state index < -0.39 is 0 Å². The average molecular weight is 242 g/mol. The minimum atomic E-state index is 0.529. The summed E-state index contributed by atoms with van der Waals surface area (Å²) in [4.78, 5) is 11.0. The second-order valence-corrected chi connectivity index (χ2v) is 3.77. The third-order valence-corrected chi connectivity index (χ3v) is 2.77. The van der Waals surface area contributed by atoms with E-state index in [0.29, 0.717) is 11.3 Å². The number of rotatable bonds is 4. The highest BCUT2D eigenvalue weighted by molar-refractivity contribution is 5.84. The average Bonchev–Trinajstić information content (AvgIpc) is 2.46. The van der Waals surface area contributed by atoms with Gasteiger partial charge in [-0.15, -0.1) is 0 Å². The number of benzene rings is 2. The summed E-state index contributed by atoms with van der Waals surface area (Å²) in [5.74, 6) is 1.35. The maximum absolute atomic E-state index is 11.0. The maximum atomic E-state index is 11.0. The fourth-order valence-electron chi connectivity index (χ4n) is 1.88. The highest BCUT2D eigenvalue weighted by atomic mass is 16.5. The van der Waals surface area contributed by atoms with Crippen molar-refractivity contribution in [2.45, 2.75) is 0 Å². The summed E-state index contributed by atoms with van der Waals surface area (Å²) in [6.45, 7) is 0. The second kappa shape index (κ2) is 5.36. The third-order valence-electron chi connectivity index (χ3n) is 2.77. The quantitative estimate of drug-likeness (QED) is 0.772. The van der Waals surface area contributed by atoms with Crippen LogP contribution in [0.15, 0.2) is 42.5 Å². The first-order valence-electron chi connectivity index (χ1n) is 5.56. The number of carbonyl (C=O) groups is 1. The van der Waals surface area contributed by atoms with Crippen LogP contribution in [0.4, 0.5) is 0 Å². The van der Waals surface area contributed by atoms with Crippen molar-refractivity contribution in [3.05, 3.63) is 48.0 Å². The molecule has 0 N–H and O–H groups in total. The molecule has 0 spiro atoms. The van der Waals surface area contributed by atoms with E-state index in [0.717, 1.165) is 23.2 Å². The number of ether oxygens (including phenoxy) is 2. The number of aldehydes is 1. The normalized spacial score (nSPS) is 9.89. The van der Waals surface area contributed by atoms with Gasteiger partial charge in [-0.05, 0) is 23.8 Å². The summed E-state index contributed by atoms with van der Waals surface area (Å²) in [5, 5.41) is 0. The summed E-state index contributed by atoms with van der Waals surface area (Å²) in [7, 11) is 3.17. The predicted octanol–water partition coefficient (Wildman–Crippen LogP) is 3.18. The van der Waals surface area contributed by atoms with Gasteiger partial charge in [0.15, 0.2) is 6.29 Å². The molecule has 2 aromatic carbocycles. The maximum Gasteiger partial charge on any atom is 0.153 e. The predicted molar refractivity (Wildman–Crippen MR) is 70.4 cm³/mol. The van der Waals surface area contributed by atoms with E-state index in [9.17, 15) is 4.79 Å². The fraction of sp³-hybridized carbons (Fsp3) is 0.133. The van der Waals surface area contributed by atoms with Gasteiger partial charge in [-0.2, -0.15) is 0 Å². The summed E-state index contributed by atoms with van der Waals surface area (Å²) < 4.78 is 10.4. The minimum Gasteiger partial charge on any atom is -0.496 e. The number of hydrogen-bond donors (Lipinski definition) is 0. The zero-order valence-electron chi connectivity index (χ0n) is 10.3. The Kier molecular flexibility index (Phi) is 3.63. The van der Waals surface area contributed by atoms with Gasteiger partial charge < -0.3 is 9.47 Å². The van der Waals surface area contributed by atoms with Crippen LogP contribution in [-0.4, -0.2) is 20.5 Å². The number of carbonyl (C=O) groups excluding carboxylic acids is 1. The van der Waals surface area contributed by atoms with E-state index in [1.807, 2.05) is 30.3 Å². The molecule has 0 unspecified atom stereocenters. The third kappa shape index (κ3) is 2.20. The first-order valence-corrected chi connectivity index (χ1v) is 5.56. The van der Waals surface area contributed by atoms with Crippen LogP contribution in [0.2, 0.25) is 0 Å². The molecule has 0 bridgehead atoms. The lowest BCUT2D eigenvalue weighted by molar-refractivity contribution is 0.112. The summed E-state index contributed by atoms with van der Waals surface area (Å²) in [5.41, 5.74) is 2.40. The van der Waals surface area contributed by atoms with Crippen LogP contribution in [0.3, 0.4) is 0 Å². The Morgan fingerprint density at radius 2 is 1.67 bits per heavy atom. The Labute approximate surface area is 106 Å². The first-order chi connectivity index (χ1) is 8.80. The lowest BCUT2D eigenvalue weighted by Gasteiger charge is -2.10. The molecule has 0 aliphatic rings. The molecule has 0 saturated heterocycles. The van der Waals surface area contributed by atoms with Crippen molar-refractivity contribution in [2.75, 3.05) is 14.2 Å². The van der Waals surface area contributed by atoms with E-state index in [2.05, 4.69) is 0 Å². The van der Waals surface area contributed by atoms with E-state index in [4.69, 9.17) is 9.47 Å². The summed E-state index contributed by atoms with van der Waals surface area (Å²) in [6.07, 6.45) is 0.789. The zero-order chi connectivity index (χ0) is 13.0. The summed E-state index contributed by atoms with van der Waals surface area (Å²) >= 11 is 0. The topological polar surface area (TPSA) is 35.5 Å². The molecular formula is C15H14O3. The molecule has 0 atom stereocenters. The van der Waals surface area contributed by atoms with Crippen LogP contribution in [0.25, 0.3) is 11.1 Å². The molecule has 18 heavy (non-hydrogen) atoms. The molecule has 2 aromatic rings. The smallest absolute Gasteiger partial charge is 0.153 e. The Bertz CT molecular complexity index is 561. The molecule has 0 fully saturated rings. The Hall–Kier alpha value is -2.29. The van der Waals surface area contributed by atoms with Gasteiger partial charge >= 0.3 is 0 Å². The molecule has 0 radical (unpaired) electrons. The van der Waals surface area contributed by atoms with Crippen molar-refractivity contribution in [3.8, 4) is 22.6 Å². The van der Waals surface area contributed by atoms with E-state index in [1.165, 1.54) is 0 Å². The van der Waals surface area contributed by atoms with Crippen LogP contribution in [0.1, 0.15) is 10.4 Å². The van der Waals surface area contributed by atoms with Gasteiger partial charge in [0.25, 0.3) is 0 Å².